The Kier molecular flexibility index (Phi) is 20.9. The van der Waals surface area contributed by atoms with Gasteiger partial charge in [-0.3, -0.25) is 0 Å². The van der Waals surface area contributed by atoms with Gasteiger partial charge < -0.3 is 52.4 Å². The number of nitrogens with zero attached hydrogens (tertiary/aromatic N) is 2. The summed E-state index contributed by atoms with van der Waals surface area (Å²) >= 11 is 0. The Balaban J connectivity index is 0.00000413. The van der Waals surface area contributed by atoms with Crippen molar-refractivity contribution in [3.8, 4) is 0 Å². The first-order valence-corrected chi connectivity index (χ1v) is 30.8. The fourth-order valence-electron chi connectivity index (χ4n) is 19.7. The number of allylic oxidation sites excluding steroid dienone is 2. The maximum Gasteiger partial charge on any atom is 0.102 e. The molecule has 0 aromatic rings. The fourth-order valence-corrected chi connectivity index (χ4v) is 19.7. The lowest BCUT2D eigenvalue weighted by Crippen LogP contribution is -3.00. The minimum atomic E-state index is 0. The van der Waals surface area contributed by atoms with E-state index in [0.29, 0.717) is 33.9 Å². The van der Waals surface area contributed by atoms with E-state index < -0.39 is 0 Å². The number of halogens is 2. The molecule has 412 valence electrons. The van der Waals surface area contributed by atoms with Gasteiger partial charge >= 0.3 is 0 Å². The second kappa shape index (κ2) is 24.5. The van der Waals surface area contributed by atoms with E-state index in [1.807, 2.05) is 0 Å². The Labute approximate surface area is 462 Å². The summed E-state index contributed by atoms with van der Waals surface area (Å²) in [4.78, 5) is 0. The summed E-state index contributed by atoms with van der Waals surface area (Å²) in [5, 5.41) is 0. The molecule has 6 saturated carbocycles. The van der Waals surface area contributed by atoms with Crippen molar-refractivity contribution < 1.29 is 52.4 Å². The minimum Gasteiger partial charge on any atom is -1.00 e. The van der Waals surface area contributed by atoms with Gasteiger partial charge in [0.1, 0.15) is 13.1 Å². The first-order chi connectivity index (χ1) is 32.6. The van der Waals surface area contributed by atoms with Crippen LogP contribution < -0.4 is 34.0 Å². The summed E-state index contributed by atoms with van der Waals surface area (Å²) in [7, 11) is 9.77. The molecule has 6 fully saturated rings. The average molecular weight is 1120 g/mol. The van der Waals surface area contributed by atoms with Crippen LogP contribution in [0.2, 0.25) is 0 Å². The zero-order valence-electron chi connectivity index (χ0n) is 49.2. The van der Waals surface area contributed by atoms with Crippen molar-refractivity contribution in [2.75, 3.05) is 67.6 Å². The Bertz CT molecular complexity index is 1630. The van der Waals surface area contributed by atoms with E-state index >= 15 is 0 Å². The highest BCUT2D eigenvalue weighted by molar-refractivity contribution is 5.27. The number of quaternary nitrogens is 2. The van der Waals surface area contributed by atoms with Gasteiger partial charge in [-0.2, -0.15) is 0 Å². The molecular formula is C65H116Br2N2O2. The van der Waals surface area contributed by atoms with Crippen LogP contribution in [0.25, 0.3) is 0 Å². The van der Waals surface area contributed by atoms with Gasteiger partial charge in [-0.1, -0.05) is 131 Å². The number of fused-ring (bicyclic) bond motifs is 10. The molecule has 71 heavy (non-hydrogen) atoms. The van der Waals surface area contributed by atoms with Gasteiger partial charge in [0.25, 0.3) is 0 Å². The van der Waals surface area contributed by atoms with E-state index in [4.69, 9.17) is 9.47 Å². The summed E-state index contributed by atoms with van der Waals surface area (Å²) in [6, 6.07) is 0. The molecule has 8 rings (SSSR count). The van der Waals surface area contributed by atoms with Crippen molar-refractivity contribution in [3.05, 3.63) is 23.3 Å². The van der Waals surface area contributed by atoms with E-state index in [1.54, 1.807) is 11.1 Å². The minimum absolute atomic E-state index is 0. The van der Waals surface area contributed by atoms with Crippen molar-refractivity contribution in [2.24, 2.45) is 92.7 Å². The highest BCUT2D eigenvalue weighted by Gasteiger charge is 2.61. The number of rotatable bonds is 22. The van der Waals surface area contributed by atoms with Crippen LogP contribution in [0.3, 0.4) is 0 Å². The summed E-state index contributed by atoms with van der Waals surface area (Å²) in [5.41, 5.74) is 5.54. The molecule has 8 aliphatic rings. The predicted octanol–water partition coefficient (Wildman–Crippen LogP) is 10.4. The van der Waals surface area contributed by atoms with E-state index in [9.17, 15) is 0 Å². The number of ether oxygens (including phenoxy) is 2. The highest BCUT2D eigenvalue weighted by Crippen LogP contribution is 2.69. The largest absolute Gasteiger partial charge is 1.00 e. The third kappa shape index (κ3) is 13.1. The highest BCUT2D eigenvalue weighted by atomic mass is 79.9. The third-order valence-corrected chi connectivity index (χ3v) is 24.1. The van der Waals surface area contributed by atoms with Crippen LogP contribution in [0.15, 0.2) is 23.3 Å². The molecule has 0 N–H and O–H groups in total. The number of likely N-dealkylation sites (N-methyl/N-ethyl adjacent to an activating group) is 2. The maximum absolute atomic E-state index is 6.81. The Morgan fingerprint density at radius 2 is 0.873 bits per heavy atom. The van der Waals surface area contributed by atoms with Crippen LogP contribution >= 0.6 is 0 Å². The van der Waals surface area contributed by atoms with Crippen LogP contribution in [-0.4, -0.2) is 88.8 Å². The zero-order valence-corrected chi connectivity index (χ0v) is 52.4. The number of hydrogen-bond acceptors (Lipinski definition) is 2. The fraction of sp³-hybridized carbons (Fsp3) is 0.938. The smallest absolute Gasteiger partial charge is 0.102 e. The zero-order chi connectivity index (χ0) is 49.6. The monoisotopic (exact) mass is 1110 g/mol. The molecule has 4 nitrogen and oxygen atoms in total. The molecule has 6 heteroatoms. The molecule has 8 aliphatic carbocycles. The Morgan fingerprint density at radius 1 is 0.479 bits per heavy atom. The molecule has 0 amide bonds. The van der Waals surface area contributed by atoms with Gasteiger partial charge in [-0.05, 0) is 195 Å². The van der Waals surface area contributed by atoms with Gasteiger partial charge in [0.15, 0.2) is 0 Å². The molecular weight excluding hydrogens is 1000 g/mol. The van der Waals surface area contributed by atoms with Crippen LogP contribution in [0.4, 0.5) is 0 Å². The quantitative estimate of drug-likeness (QED) is 0.0795. The topological polar surface area (TPSA) is 18.5 Å². The molecule has 0 bridgehead atoms. The molecule has 0 radical (unpaired) electrons. The van der Waals surface area contributed by atoms with Gasteiger partial charge in [0.2, 0.25) is 0 Å². The molecule has 0 aromatic carbocycles. The lowest BCUT2D eigenvalue weighted by atomic mass is 9.47. The van der Waals surface area contributed by atoms with Crippen LogP contribution in [0.1, 0.15) is 217 Å². The molecule has 0 unspecified atom stereocenters. The van der Waals surface area contributed by atoms with Crippen molar-refractivity contribution in [2.45, 2.75) is 229 Å². The normalized spacial score (nSPS) is 39.7. The predicted molar refractivity (Wildman–Crippen MR) is 294 cm³/mol. The van der Waals surface area contributed by atoms with Crippen molar-refractivity contribution in [1.82, 2.24) is 0 Å². The molecule has 0 aromatic heterocycles. The summed E-state index contributed by atoms with van der Waals surface area (Å²) in [6.07, 6.45) is 38.4. The van der Waals surface area contributed by atoms with E-state index in [0.717, 1.165) is 106 Å². The third-order valence-electron chi connectivity index (χ3n) is 24.1. The maximum atomic E-state index is 6.81. The molecule has 0 aliphatic heterocycles. The summed E-state index contributed by atoms with van der Waals surface area (Å²) < 4.78 is 15.7. The molecule has 0 spiro atoms. The van der Waals surface area contributed by atoms with Crippen molar-refractivity contribution >= 4 is 0 Å². The molecule has 16 atom stereocenters. The first kappa shape index (κ1) is 60.5. The Hall–Kier alpha value is 0.280. The molecule has 0 heterocycles. The molecule has 0 saturated heterocycles. The lowest BCUT2D eigenvalue weighted by Gasteiger charge is -2.58. The van der Waals surface area contributed by atoms with Gasteiger partial charge in [-0.15, -0.1) is 0 Å². The van der Waals surface area contributed by atoms with Crippen molar-refractivity contribution in [1.29, 1.82) is 0 Å². The first-order valence-electron chi connectivity index (χ1n) is 30.8. The van der Waals surface area contributed by atoms with E-state index in [1.165, 1.54) is 161 Å². The van der Waals surface area contributed by atoms with Crippen molar-refractivity contribution in [3.63, 3.8) is 0 Å². The van der Waals surface area contributed by atoms with E-state index in [2.05, 4.69) is 110 Å². The van der Waals surface area contributed by atoms with Crippen LogP contribution in [0, 0.1) is 92.7 Å². The summed E-state index contributed by atoms with van der Waals surface area (Å²) in [5.74, 6) is 10.9. The Morgan fingerprint density at radius 3 is 1.25 bits per heavy atom. The average Bonchev–Trinajstić information content (AvgIpc) is 3.83. The van der Waals surface area contributed by atoms with Gasteiger partial charge in [-0.25, -0.2) is 0 Å². The van der Waals surface area contributed by atoms with Gasteiger partial charge in [0.05, 0.1) is 66.7 Å². The SMILES string of the molecule is CC(C)CCC[C@@H](C)[C@H]1CC[C@H]2[C@@H]3CC=C4C[C@@H](OCC[N+](C)(C)CCC[N+](C)(C)CCO[C@H]5CC[C@@]6(C)C(=CC[C@H]7[C@@H]8CC[C@H]([C@H](C)CCCC(C)C)[C@@]8(C)CC[C@@H]76)C5)CC[C@]4(C)[C@H]3CC[C@]12C.[Br-].[Br-]. The van der Waals surface area contributed by atoms with Crippen LogP contribution in [0.5, 0.6) is 0 Å². The summed E-state index contributed by atoms with van der Waals surface area (Å²) in [6.45, 7) is 32.2. The van der Waals surface area contributed by atoms with E-state index in [-0.39, 0.29) is 34.0 Å². The second-order valence-corrected chi connectivity index (χ2v) is 30.2. The standard InChI is InChI=1S/C65H116N2O2.2BrH/c1-46(2)18-15-20-48(5)56-26-28-58-54-24-22-50-44-52(30-34-62(50,7)60(54)32-36-64(56,58)9)68-42-40-66(11,12)38-17-39-67(13,14)41-43-69-53-31-35-63(8)51(45-53)23-25-55-59-29-27-57(49(6)21-16-19-47(3)4)65(59,10)37-33-61(55)63;;/h22-23,46-49,52-61H,15-21,24-45H2,1-14H3;2*1H/q+2;;/p-2/t48-,49-,52+,53+,54+,55+,56-,57-,58+,59+,60+,61+,62+,63+,64-,65-;;/m1../s1. The number of hydrogen-bond donors (Lipinski definition) is 0. The second-order valence-electron chi connectivity index (χ2n) is 30.2. The van der Waals surface area contributed by atoms with Gasteiger partial charge in [0, 0.05) is 6.42 Å². The lowest BCUT2D eigenvalue weighted by molar-refractivity contribution is -0.909. The van der Waals surface area contributed by atoms with Crippen LogP contribution in [-0.2, 0) is 9.47 Å².